The summed E-state index contributed by atoms with van der Waals surface area (Å²) in [5, 5.41) is 23.5. The fourth-order valence-corrected chi connectivity index (χ4v) is 6.35. The number of allylic oxidation sites excluding steroid dienone is 2. The molecule has 6 heteroatoms. The second-order valence-electron chi connectivity index (χ2n) is 14.4. The first-order chi connectivity index (χ1) is 23.5. The number of amides is 1. The van der Waals surface area contributed by atoms with Crippen molar-refractivity contribution in [3.8, 4) is 0 Å². The molecular weight excluding hydrogens is 598 g/mol. The average Bonchev–Trinajstić information content (AvgIpc) is 3.07. The number of carbonyl (C=O) groups excluding carboxylic acids is 2. The molecule has 0 radical (unpaired) electrons. The third-order valence-corrected chi connectivity index (χ3v) is 9.59. The normalized spacial score (nSPS) is 13.5. The molecule has 3 atom stereocenters. The lowest BCUT2D eigenvalue weighted by atomic mass is 10.0. The summed E-state index contributed by atoms with van der Waals surface area (Å²) >= 11 is 0. The zero-order valence-electron chi connectivity index (χ0n) is 32.1. The van der Waals surface area contributed by atoms with E-state index in [0.717, 1.165) is 57.8 Å². The molecule has 284 valence electrons. The highest BCUT2D eigenvalue weighted by molar-refractivity contribution is 5.77. The Hall–Kier alpha value is -1.40. The van der Waals surface area contributed by atoms with Gasteiger partial charge in [-0.15, -0.1) is 0 Å². The summed E-state index contributed by atoms with van der Waals surface area (Å²) < 4.78 is 5.86. The van der Waals surface area contributed by atoms with E-state index in [4.69, 9.17) is 4.74 Å². The summed E-state index contributed by atoms with van der Waals surface area (Å²) in [6.45, 7) is 6.39. The lowest BCUT2D eigenvalue weighted by Gasteiger charge is -2.24. The summed E-state index contributed by atoms with van der Waals surface area (Å²) in [7, 11) is 0. The van der Waals surface area contributed by atoms with Gasteiger partial charge in [0.15, 0.2) is 0 Å². The van der Waals surface area contributed by atoms with Gasteiger partial charge in [0.1, 0.15) is 6.10 Å². The number of aliphatic hydroxyl groups is 2. The molecule has 0 aromatic carbocycles. The predicted molar refractivity (Wildman–Crippen MR) is 204 cm³/mol. The molecule has 0 saturated heterocycles. The molecule has 1 amide bonds. The number of nitrogens with one attached hydrogen (secondary N) is 1. The van der Waals surface area contributed by atoms with Gasteiger partial charge in [0.2, 0.25) is 5.91 Å². The number of hydrogen-bond acceptors (Lipinski definition) is 5. The predicted octanol–water partition coefficient (Wildman–Crippen LogP) is 11.4. The molecule has 0 heterocycles. The van der Waals surface area contributed by atoms with Crippen molar-refractivity contribution >= 4 is 11.9 Å². The second kappa shape index (κ2) is 36.9. The van der Waals surface area contributed by atoms with Gasteiger partial charge < -0.3 is 20.3 Å². The maximum Gasteiger partial charge on any atom is 0.306 e. The highest BCUT2D eigenvalue weighted by Crippen LogP contribution is 2.17. The summed E-state index contributed by atoms with van der Waals surface area (Å²) in [6, 6.07) is -0.692. The Morgan fingerprint density at radius 2 is 1.02 bits per heavy atom. The molecule has 3 unspecified atom stereocenters. The van der Waals surface area contributed by atoms with Crippen molar-refractivity contribution in [3.63, 3.8) is 0 Å². The van der Waals surface area contributed by atoms with Crippen LogP contribution in [0.2, 0.25) is 0 Å². The molecule has 0 aliphatic carbocycles. The van der Waals surface area contributed by atoms with Gasteiger partial charge in [-0.3, -0.25) is 9.59 Å². The molecule has 0 aromatic rings. The molecule has 0 spiro atoms. The fraction of sp³-hybridized carbons (Fsp3) is 0.905. The van der Waals surface area contributed by atoms with Crippen LogP contribution in [0.1, 0.15) is 220 Å². The second-order valence-corrected chi connectivity index (χ2v) is 14.4. The van der Waals surface area contributed by atoms with Gasteiger partial charge in [0, 0.05) is 6.42 Å². The molecule has 48 heavy (non-hydrogen) atoms. The molecule has 0 rings (SSSR count). The smallest absolute Gasteiger partial charge is 0.306 e. The van der Waals surface area contributed by atoms with E-state index in [1.54, 1.807) is 0 Å². The Labute approximate surface area is 298 Å². The molecule has 0 aliphatic rings. The summed E-state index contributed by atoms with van der Waals surface area (Å²) in [4.78, 5) is 25.8. The largest absolute Gasteiger partial charge is 0.462 e. The van der Waals surface area contributed by atoms with Crippen LogP contribution < -0.4 is 5.32 Å². The molecule has 0 aromatic heterocycles. The van der Waals surface area contributed by atoms with Crippen molar-refractivity contribution < 1.29 is 24.5 Å². The fourth-order valence-electron chi connectivity index (χ4n) is 6.35. The van der Waals surface area contributed by atoms with Crippen molar-refractivity contribution in [2.24, 2.45) is 0 Å². The Balaban J connectivity index is 4.57. The average molecular weight is 680 g/mol. The lowest BCUT2D eigenvalue weighted by Crippen LogP contribution is -2.46. The number of hydrogen-bond donors (Lipinski definition) is 3. The van der Waals surface area contributed by atoms with E-state index in [1.807, 2.05) is 0 Å². The number of unbranched alkanes of at least 4 members (excludes halogenated alkanes) is 23. The molecule has 0 aliphatic heterocycles. The highest BCUT2D eigenvalue weighted by atomic mass is 16.5. The van der Waals surface area contributed by atoms with Crippen LogP contribution in [0.5, 0.6) is 0 Å². The number of rotatable bonds is 37. The highest BCUT2D eigenvalue weighted by Gasteiger charge is 2.24. The van der Waals surface area contributed by atoms with Gasteiger partial charge in [0.05, 0.1) is 25.2 Å². The SMILES string of the molecule is CCCC/C=C\CCCCCCCC(=O)OC(CCCCCCCCCCC)CC(=O)NC(CO)C(O)CCCCCCCCCCC. The number of aliphatic hydroxyl groups excluding tert-OH is 2. The van der Waals surface area contributed by atoms with Crippen molar-refractivity contribution in [1.82, 2.24) is 5.32 Å². The standard InChI is InChI=1S/C42H81NO5/c1-4-7-10-13-16-19-20-23-26-29-32-35-42(47)48-38(33-30-27-24-21-17-14-11-8-5-2)36-41(46)43-39(37-44)40(45)34-31-28-25-22-18-15-12-9-6-3/h13,16,38-40,44-45H,4-12,14-15,17-37H2,1-3H3,(H,43,46)/b16-13-. The zero-order valence-corrected chi connectivity index (χ0v) is 32.1. The van der Waals surface area contributed by atoms with Crippen LogP contribution in [-0.2, 0) is 14.3 Å². The Kier molecular flexibility index (Phi) is 35.8. The van der Waals surface area contributed by atoms with Gasteiger partial charge in [-0.25, -0.2) is 0 Å². The number of carbonyl (C=O) groups is 2. The third kappa shape index (κ3) is 31.8. The van der Waals surface area contributed by atoms with E-state index in [0.29, 0.717) is 19.3 Å². The quantitative estimate of drug-likeness (QED) is 0.0345. The minimum Gasteiger partial charge on any atom is -0.462 e. The van der Waals surface area contributed by atoms with Crippen LogP contribution in [-0.4, -0.2) is 46.9 Å². The van der Waals surface area contributed by atoms with E-state index in [-0.39, 0.29) is 24.9 Å². The van der Waals surface area contributed by atoms with E-state index in [1.165, 1.54) is 116 Å². The maximum atomic E-state index is 13.0. The van der Waals surface area contributed by atoms with Crippen LogP contribution in [0.25, 0.3) is 0 Å². The van der Waals surface area contributed by atoms with Crippen LogP contribution >= 0.6 is 0 Å². The van der Waals surface area contributed by atoms with E-state index in [2.05, 4.69) is 38.2 Å². The maximum absolute atomic E-state index is 13.0. The van der Waals surface area contributed by atoms with Gasteiger partial charge in [-0.2, -0.15) is 0 Å². The molecule has 0 saturated carbocycles. The Morgan fingerprint density at radius 3 is 1.54 bits per heavy atom. The van der Waals surface area contributed by atoms with Crippen LogP contribution in [0.15, 0.2) is 12.2 Å². The Bertz CT molecular complexity index is 727. The van der Waals surface area contributed by atoms with Gasteiger partial charge in [-0.1, -0.05) is 174 Å². The summed E-state index contributed by atoms with van der Waals surface area (Å²) in [6.07, 6.45) is 37.0. The van der Waals surface area contributed by atoms with Crippen molar-refractivity contribution in [1.29, 1.82) is 0 Å². The van der Waals surface area contributed by atoms with Crippen molar-refractivity contribution in [2.75, 3.05) is 6.61 Å². The van der Waals surface area contributed by atoms with Crippen LogP contribution in [0.3, 0.4) is 0 Å². The minimum absolute atomic E-state index is 0.0791. The van der Waals surface area contributed by atoms with E-state index in [9.17, 15) is 19.8 Å². The zero-order chi connectivity index (χ0) is 35.3. The topological polar surface area (TPSA) is 95.9 Å². The lowest BCUT2D eigenvalue weighted by molar-refractivity contribution is -0.151. The van der Waals surface area contributed by atoms with Gasteiger partial charge >= 0.3 is 5.97 Å². The number of esters is 1. The molecule has 0 fully saturated rings. The van der Waals surface area contributed by atoms with Crippen molar-refractivity contribution in [2.45, 2.75) is 238 Å². The minimum atomic E-state index is -0.779. The van der Waals surface area contributed by atoms with Crippen LogP contribution in [0.4, 0.5) is 0 Å². The molecule has 6 nitrogen and oxygen atoms in total. The summed E-state index contributed by atoms with van der Waals surface area (Å²) in [5.74, 6) is -0.482. The first-order valence-corrected chi connectivity index (χ1v) is 20.9. The van der Waals surface area contributed by atoms with E-state index >= 15 is 0 Å². The first-order valence-electron chi connectivity index (χ1n) is 20.9. The van der Waals surface area contributed by atoms with E-state index < -0.39 is 18.2 Å². The molecular formula is C42H81NO5. The molecule has 3 N–H and O–H groups in total. The third-order valence-electron chi connectivity index (χ3n) is 9.59. The molecule has 0 bridgehead atoms. The Morgan fingerprint density at radius 1 is 0.583 bits per heavy atom. The first kappa shape index (κ1) is 46.6. The van der Waals surface area contributed by atoms with Crippen LogP contribution in [0, 0.1) is 0 Å². The van der Waals surface area contributed by atoms with Gasteiger partial charge in [-0.05, 0) is 44.9 Å². The van der Waals surface area contributed by atoms with Gasteiger partial charge in [0.25, 0.3) is 0 Å². The van der Waals surface area contributed by atoms with Crippen molar-refractivity contribution in [3.05, 3.63) is 12.2 Å². The monoisotopic (exact) mass is 680 g/mol. The number of ether oxygens (including phenoxy) is 1. The summed E-state index contributed by atoms with van der Waals surface area (Å²) in [5.41, 5.74) is 0.